The Bertz CT molecular complexity index is 1670. The van der Waals surface area contributed by atoms with Crippen molar-refractivity contribution in [1.29, 1.82) is 0 Å². The monoisotopic (exact) mass is 481 g/mol. The number of nitrogens with one attached hydrogen (secondary N) is 1. The van der Waals surface area contributed by atoms with Crippen molar-refractivity contribution in [3.63, 3.8) is 0 Å². The second-order valence-electron chi connectivity index (χ2n) is 8.27. The van der Waals surface area contributed by atoms with E-state index in [0.717, 1.165) is 10.8 Å². The minimum atomic E-state index is -0.462. The molecule has 5 rings (SSSR count). The fourth-order valence-electron chi connectivity index (χ4n) is 4.03. The molecule has 2 heterocycles. The maximum atomic E-state index is 13.4. The third kappa shape index (κ3) is 4.56. The molecular weight excluding hydrogens is 462 g/mol. The summed E-state index contributed by atoms with van der Waals surface area (Å²) in [6, 6.07) is 23.3. The first-order valence-corrected chi connectivity index (χ1v) is 11.4. The van der Waals surface area contributed by atoms with Crippen LogP contribution in [0.4, 0.5) is 5.69 Å². The number of nitrogens with zero attached hydrogens (tertiary/aromatic N) is 2. The standard InChI is InChI=1S/C28H20ClN3O3/c1-17-6-13-24-26(30-17)28(35)23(27(34)20-8-7-18-4-2-3-5-19(18)14-20)15-32(24)16-25(33)31-22-11-9-21(29)10-12-22/h2-15H,16H2,1H3,(H,31,33). The number of hydrogen-bond acceptors (Lipinski definition) is 4. The Balaban J connectivity index is 1.56. The van der Waals surface area contributed by atoms with Crippen LogP contribution in [0.3, 0.4) is 0 Å². The van der Waals surface area contributed by atoms with Crippen molar-refractivity contribution in [3.05, 3.63) is 117 Å². The third-order valence-electron chi connectivity index (χ3n) is 5.77. The van der Waals surface area contributed by atoms with Crippen LogP contribution < -0.4 is 10.7 Å². The molecule has 0 bridgehead atoms. The second kappa shape index (κ2) is 9.16. The normalized spacial score (nSPS) is 11.0. The number of fused-ring (bicyclic) bond motifs is 2. The topological polar surface area (TPSA) is 81.1 Å². The number of benzene rings is 3. The molecule has 0 saturated heterocycles. The van der Waals surface area contributed by atoms with Crippen LogP contribution in [0, 0.1) is 6.92 Å². The molecule has 172 valence electrons. The molecule has 0 atom stereocenters. The van der Waals surface area contributed by atoms with E-state index in [1.807, 2.05) is 30.3 Å². The fraction of sp³-hybridized carbons (Fsp3) is 0.0714. The summed E-state index contributed by atoms with van der Waals surface area (Å²) >= 11 is 5.92. The number of ketones is 1. The summed E-state index contributed by atoms with van der Waals surface area (Å²) in [5, 5.41) is 5.26. The lowest BCUT2D eigenvalue weighted by atomic mass is 10.00. The molecule has 2 aromatic heterocycles. The Morgan fingerprint density at radius 2 is 1.69 bits per heavy atom. The van der Waals surface area contributed by atoms with Crippen molar-refractivity contribution >= 4 is 50.8 Å². The number of halogens is 1. The lowest BCUT2D eigenvalue weighted by Gasteiger charge is -2.14. The Kier molecular flexibility index (Phi) is 5.89. The number of pyridine rings is 2. The summed E-state index contributed by atoms with van der Waals surface area (Å²) in [4.78, 5) is 44.0. The second-order valence-corrected chi connectivity index (χ2v) is 8.70. The number of aryl methyl sites for hydroxylation is 1. The highest BCUT2D eigenvalue weighted by Gasteiger charge is 2.19. The predicted molar refractivity (Wildman–Crippen MR) is 138 cm³/mol. The van der Waals surface area contributed by atoms with E-state index >= 15 is 0 Å². The van der Waals surface area contributed by atoms with Crippen molar-refractivity contribution in [2.75, 3.05) is 5.32 Å². The van der Waals surface area contributed by atoms with Gasteiger partial charge in [0.2, 0.25) is 11.3 Å². The summed E-state index contributed by atoms with van der Waals surface area (Å²) in [6.45, 7) is 1.66. The summed E-state index contributed by atoms with van der Waals surface area (Å²) in [5.74, 6) is -0.736. The summed E-state index contributed by atoms with van der Waals surface area (Å²) in [5.41, 5.74) is 1.75. The van der Waals surface area contributed by atoms with E-state index in [2.05, 4.69) is 10.3 Å². The van der Waals surface area contributed by atoms with Crippen molar-refractivity contribution in [2.24, 2.45) is 0 Å². The number of anilines is 1. The van der Waals surface area contributed by atoms with E-state index in [9.17, 15) is 14.4 Å². The molecule has 7 heteroatoms. The van der Waals surface area contributed by atoms with Crippen LogP contribution in [0.5, 0.6) is 0 Å². The Morgan fingerprint density at radius 3 is 2.46 bits per heavy atom. The summed E-state index contributed by atoms with van der Waals surface area (Å²) in [7, 11) is 0. The van der Waals surface area contributed by atoms with Gasteiger partial charge in [-0.3, -0.25) is 14.4 Å². The zero-order valence-corrected chi connectivity index (χ0v) is 19.5. The quantitative estimate of drug-likeness (QED) is 0.342. The first kappa shape index (κ1) is 22.5. The summed E-state index contributed by atoms with van der Waals surface area (Å²) < 4.78 is 1.59. The molecule has 5 aromatic rings. The molecule has 0 radical (unpaired) electrons. The molecule has 0 aliphatic carbocycles. The van der Waals surface area contributed by atoms with E-state index in [-0.39, 0.29) is 23.5 Å². The van der Waals surface area contributed by atoms with Crippen LogP contribution in [0.25, 0.3) is 21.8 Å². The molecule has 0 unspecified atom stereocenters. The first-order valence-electron chi connectivity index (χ1n) is 11.0. The third-order valence-corrected chi connectivity index (χ3v) is 6.02. The van der Waals surface area contributed by atoms with Crippen LogP contribution in [-0.2, 0) is 11.3 Å². The zero-order chi connectivity index (χ0) is 24.5. The molecule has 0 aliphatic rings. The largest absolute Gasteiger partial charge is 0.336 e. The average molecular weight is 482 g/mol. The van der Waals surface area contributed by atoms with Gasteiger partial charge in [-0.15, -0.1) is 0 Å². The molecule has 1 N–H and O–H groups in total. The summed E-state index contributed by atoms with van der Waals surface area (Å²) in [6.07, 6.45) is 1.45. The Morgan fingerprint density at radius 1 is 0.943 bits per heavy atom. The van der Waals surface area contributed by atoms with Crippen LogP contribution in [0.1, 0.15) is 21.6 Å². The minimum absolute atomic E-state index is 0.0369. The lowest BCUT2D eigenvalue weighted by Crippen LogP contribution is -2.25. The Labute approximate surface area is 205 Å². The molecule has 0 spiro atoms. The molecular formula is C28H20ClN3O3. The highest BCUT2D eigenvalue weighted by Crippen LogP contribution is 2.19. The van der Waals surface area contributed by atoms with Gasteiger partial charge in [0.05, 0.1) is 11.1 Å². The zero-order valence-electron chi connectivity index (χ0n) is 18.8. The molecule has 3 aromatic carbocycles. The van der Waals surface area contributed by atoms with Crippen molar-refractivity contribution in [3.8, 4) is 0 Å². The number of carbonyl (C=O) groups is 2. The average Bonchev–Trinajstić information content (AvgIpc) is 2.86. The van der Waals surface area contributed by atoms with Gasteiger partial charge in [0.25, 0.3) is 0 Å². The fourth-order valence-corrected chi connectivity index (χ4v) is 4.15. The van der Waals surface area contributed by atoms with Gasteiger partial charge in [0, 0.05) is 28.2 Å². The maximum absolute atomic E-state index is 13.4. The smallest absolute Gasteiger partial charge is 0.244 e. The van der Waals surface area contributed by atoms with Gasteiger partial charge in [-0.25, -0.2) is 4.98 Å². The van der Waals surface area contributed by atoms with Gasteiger partial charge >= 0.3 is 0 Å². The van der Waals surface area contributed by atoms with E-state index in [4.69, 9.17) is 11.6 Å². The van der Waals surface area contributed by atoms with Crippen molar-refractivity contribution in [2.45, 2.75) is 13.5 Å². The van der Waals surface area contributed by atoms with E-state index in [1.165, 1.54) is 6.20 Å². The number of aromatic nitrogens is 2. The first-order chi connectivity index (χ1) is 16.9. The van der Waals surface area contributed by atoms with Crippen LogP contribution in [-0.4, -0.2) is 21.2 Å². The number of rotatable bonds is 5. The van der Waals surface area contributed by atoms with Crippen molar-refractivity contribution < 1.29 is 9.59 Å². The van der Waals surface area contributed by atoms with E-state index < -0.39 is 11.2 Å². The van der Waals surface area contributed by atoms with Gasteiger partial charge in [-0.1, -0.05) is 48.0 Å². The highest BCUT2D eigenvalue weighted by molar-refractivity contribution is 6.30. The number of hydrogen-bond donors (Lipinski definition) is 1. The molecule has 35 heavy (non-hydrogen) atoms. The Hall–Kier alpha value is -4.29. The van der Waals surface area contributed by atoms with Crippen LogP contribution >= 0.6 is 11.6 Å². The van der Waals surface area contributed by atoms with Gasteiger partial charge in [0.15, 0.2) is 5.78 Å². The molecule has 6 nitrogen and oxygen atoms in total. The number of amides is 1. The van der Waals surface area contributed by atoms with Crippen LogP contribution in [0.15, 0.2) is 89.9 Å². The molecule has 0 fully saturated rings. The predicted octanol–water partition coefficient (Wildman–Crippen LogP) is 5.38. The highest BCUT2D eigenvalue weighted by atomic mass is 35.5. The maximum Gasteiger partial charge on any atom is 0.244 e. The molecule has 0 saturated carbocycles. The van der Waals surface area contributed by atoms with E-state index in [0.29, 0.717) is 27.5 Å². The number of carbonyl (C=O) groups excluding carboxylic acids is 2. The molecule has 0 aliphatic heterocycles. The van der Waals surface area contributed by atoms with Gasteiger partial charge in [0.1, 0.15) is 12.1 Å². The van der Waals surface area contributed by atoms with Gasteiger partial charge in [-0.2, -0.15) is 0 Å². The van der Waals surface area contributed by atoms with Gasteiger partial charge in [-0.05, 0) is 60.2 Å². The lowest BCUT2D eigenvalue weighted by molar-refractivity contribution is -0.116. The minimum Gasteiger partial charge on any atom is -0.336 e. The SMILES string of the molecule is Cc1ccc2c(n1)c(=O)c(C(=O)c1ccc3ccccc3c1)cn2CC(=O)Nc1ccc(Cl)cc1. The van der Waals surface area contributed by atoms with E-state index in [1.54, 1.807) is 60.0 Å². The van der Waals surface area contributed by atoms with Crippen molar-refractivity contribution in [1.82, 2.24) is 9.55 Å². The van der Waals surface area contributed by atoms with Gasteiger partial charge < -0.3 is 9.88 Å². The molecule has 1 amide bonds. The van der Waals surface area contributed by atoms with Crippen LogP contribution in [0.2, 0.25) is 5.02 Å².